The average molecular weight is 354 g/mol. The van der Waals surface area contributed by atoms with Crippen molar-refractivity contribution in [3.63, 3.8) is 0 Å². The second kappa shape index (κ2) is 9.69. The minimum absolute atomic E-state index is 0.120. The molecule has 2 aromatic rings. The number of carbonyl (C=O) groups is 2. The number of hydrogen-bond acceptors (Lipinski definition) is 3. The van der Waals surface area contributed by atoms with Crippen LogP contribution in [0.3, 0.4) is 0 Å². The number of nitrogens with one attached hydrogen (secondary N) is 2. The highest BCUT2D eigenvalue weighted by molar-refractivity contribution is 7.99. The average Bonchev–Trinajstić information content (AvgIpc) is 2.65. The molecule has 0 fully saturated rings. The van der Waals surface area contributed by atoms with Gasteiger partial charge in [0.1, 0.15) is 0 Å². The van der Waals surface area contributed by atoms with Crippen LogP contribution in [0.15, 0.2) is 67.3 Å². The molecule has 0 radical (unpaired) electrons. The zero-order valence-corrected chi connectivity index (χ0v) is 15.0. The van der Waals surface area contributed by atoms with Gasteiger partial charge < -0.3 is 10.6 Å². The first kappa shape index (κ1) is 18.8. The van der Waals surface area contributed by atoms with Gasteiger partial charge in [-0.1, -0.05) is 48.5 Å². The van der Waals surface area contributed by atoms with E-state index >= 15 is 0 Å². The molecule has 130 valence electrons. The number of benzene rings is 2. The molecule has 1 unspecified atom stereocenters. The summed E-state index contributed by atoms with van der Waals surface area (Å²) in [5, 5.41) is 5.35. The molecule has 0 saturated heterocycles. The quantitative estimate of drug-likeness (QED) is 0.708. The molecule has 2 aromatic carbocycles. The molecule has 0 saturated carbocycles. The lowest BCUT2D eigenvalue weighted by Gasteiger charge is -2.14. The summed E-state index contributed by atoms with van der Waals surface area (Å²) in [6, 6.07) is 17.0. The van der Waals surface area contributed by atoms with Crippen LogP contribution >= 0.6 is 11.8 Å². The van der Waals surface area contributed by atoms with Crippen LogP contribution < -0.4 is 10.6 Å². The number of anilines is 1. The predicted octanol–water partition coefficient (Wildman–Crippen LogP) is 3.86. The molecule has 0 aliphatic heterocycles. The van der Waals surface area contributed by atoms with Crippen molar-refractivity contribution in [3.8, 4) is 0 Å². The van der Waals surface area contributed by atoms with Gasteiger partial charge >= 0.3 is 0 Å². The van der Waals surface area contributed by atoms with Crippen LogP contribution in [-0.4, -0.2) is 23.6 Å². The van der Waals surface area contributed by atoms with Gasteiger partial charge in [-0.25, -0.2) is 0 Å². The monoisotopic (exact) mass is 354 g/mol. The Morgan fingerprint density at radius 2 is 1.80 bits per heavy atom. The second-order valence-corrected chi connectivity index (χ2v) is 6.80. The summed E-state index contributed by atoms with van der Waals surface area (Å²) in [7, 11) is 0. The summed E-state index contributed by atoms with van der Waals surface area (Å²) in [6.45, 7) is 5.82. The highest BCUT2D eigenvalue weighted by Gasteiger charge is 2.17. The molecular weight excluding hydrogens is 332 g/mol. The summed E-state index contributed by atoms with van der Waals surface area (Å²) in [5.41, 5.74) is 2.13. The zero-order chi connectivity index (χ0) is 18.1. The molecule has 0 heterocycles. The van der Waals surface area contributed by atoms with Gasteiger partial charge in [0.25, 0.3) is 5.91 Å². The third-order valence-corrected chi connectivity index (χ3v) is 4.76. The molecule has 4 nitrogen and oxygen atoms in total. The van der Waals surface area contributed by atoms with Gasteiger partial charge in [-0.3, -0.25) is 9.59 Å². The van der Waals surface area contributed by atoms with E-state index in [-0.39, 0.29) is 17.1 Å². The Kier molecular flexibility index (Phi) is 7.29. The van der Waals surface area contributed by atoms with E-state index in [1.54, 1.807) is 42.1 Å². The lowest BCUT2D eigenvalue weighted by atomic mass is 10.1. The first-order chi connectivity index (χ1) is 12.1. The van der Waals surface area contributed by atoms with Gasteiger partial charge in [0.2, 0.25) is 5.91 Å². The van der Waals surface area contributed by atoms with E-state index in [2.05, 4.69) is 17.2 Å². The molecule has 0 bridgehead atoms. The van der Waals surface area contributed by atoms with E-state index in [1.165, 1.54) is 5.56 Å². The summed E-state index contributed by atoms with van der Waals surface area (Å²) < 4.78 is 0. The topological polar surface area (TPSA) is 58.2 Å². The van der Waals surface area contributed by atoms with Crippen LogP contribution in [0, 0.1) is 0 Å². The van der Waals surface area contributed by atoms with E-state index in [9.17, 15) is 9.59 Å². The third kappa shape index (κ3) is 5.80. The molecule has 2 amide bonds. The maximum atomic E-state index is 12.4. The normalized spacial score (nSPS) is 11.4. The molecule has 1 atom stereocenters. The van der Waals surface area contributed by atoms with E-state index < -0.39 is 0 Å². The van der Waals surface area contributed by atoms with Gasteiger partial charge in [-0.2, -0.15) is 0 Å². The number of carbonyl (C=O) groups excluding carboxylic acids is 2. The fourth-order valence-electron chi connectivity index (χ4n) is 2.16. The van der Waals surface area contributed by atoms with Crippen molar-refractivity contribution >= 4 is 29.3 Å². The van der Waals surface area contributed by atoms with E-state index in [0.717, 1.165) is 5.75 Å². The molecule has 0 aromatic heterocycles. The largest absolute Gasteiger partial charge is 0.349 e. The highest BCUT2D eigenvalue weighted by Crippen LogP contribution is 2.21. The van der Waals surface area contributed by atoms with E-state index in [1.807, 2.05) is 37.3 Å². The van der Waals surface area contributed by atoms with E-state index in [4.69, 9.17) is 0 Å². The molecule has 2 rings (SSSR count). The standard InChI is InChI=1S/C20H22N2O2S/c1-3-13-21-20(24)17-11-7-8-12-18(17)22-19(23)15(2)25-14-16-9-5-4-6-10-16/h3-12,15H,1,13-14H2,2H3,(H,21,24)(H,22,23). The van der Waals surface area contributed by atoms with Crippen LogP contribution in [-0.2, 0) is 10.5 Å². The van der Waals surface area contributed by atoms with Crippen molar-refractivity contribution in [2.24, 2.45) is 0 Å². The number of hydrogen-bond donors (Lipinski definition) is 2. The first-order valence-corrected chi connectivity index (χ1v) is 9.11. The molecule has 0 spiro atoms. The maximum Gasteiger partial charge on any atom is 0.253 e. The highest BCUT2D eigenvalue weighted by atomic mass is 32.2. The van der Waals surface area contributed by atoms with Crippen LogP contribution in [0.1, 0.15) is 22.8 Å². The number of amides is 2. The summed E-state index contributed by atoms with van der Waals surface area (Å²) in [4.78, 5) is 24.6. The number of rotatable bonds is 8. The molecule has 2 N–H and O–H groups in total. The lowest BCUT2D eigenvalue weighted by Crippen LogP contribution is -2.27. The maximum absolute atomic E-state index is 12.4. The summed E-state index contributed by atoms with van der Waals surface area (Å²) in [6.07, 6.45) is 1.61. The van der Waals surface area contributed by atoms with Gasteiger partial charge in [-0.15, -0.1) is 18.3 Å². The molecule has 25 heavy (non-hydrogen) atoms. The molecular formula is C20H22N2O2S. The van der Waals surface area contributed by atoms with E-state index in [0.29, 0.717) is 17.8 Å². The molecule has 0 aliphatic rings. The Hall–Kier alpha value is -2.53. The minimum Gasteiger partial charge on any atom is -0.349 e. The number of para-hydroxylation sites is 1. The predicted molar refractivity (Wildman–Crippen MR) is 105 cm³/mol. The van der Waals surface area contributed by atoms with Crippen molar-refractivity contribution in [1.82, 2.24) is 5.32 Å². The Labute approximate surface area is 152 Å². The van der Waals surface area contributed by atoms with Crippen molar-refractivity contribution in [2.45, 2.75) is 17.9 Å². The zero-order valence-electron chi connectivity index (χ0n) is 14.2. The van der Waals surface area contributed by atoms with Crippen LogP contribution in [0.25, 0.3) is 0 Å². The van der Waals surface area contributed by atoms with Crippen molar-refractivity contribution < 1.29 is 9.59 Å². The van der Waals surface area contributed by atoms with Crippen molar-refractivity contribution in [1.29, 1.82) is 0 Å². The van der Waals surface area contributed by atoms with Crippen molar-refractivity contribution in [3.05, 3.63) is 78.4 Å². The molecule has 0 aliphatic carbocycles. The Bertz CT molecular complexity index is 731. The Balaban J connectivity index is 1.97. The van der Waals surface area contributed by atoms with Crippen LogP contribution in [0.4, 0.5) is 5.69 Å². The fraction of sp³-hybridized carbons (Fsp3) is 0.200. The Morgan fingerprint density at radius 1 is 1.12 bits per heavy atom. The van der Waals surface area contributed by atoms with Crippen molar-refractivity contribution in [2.75, 3.05) is 11.9 Å². The summed E-state index contributed by atoms with van der Waals surface area (Å²) >= 11 is 1.56. The minimum atomic E-state index is -0.236. The number of thioether (sulfide) groups is 1. The van der Waals surface area contributed by atoms with Gasteiger partial charge in [0.15, 0.2) is 0 Å². The van der Waals surface area contributed by atoms with Gasteiger partial charge in [0.05, 0.1) is 16.5 Å². The van der Waals surface area contributed by atoms with Gasteiger partial charge in [0, 0.05) is 12.3 Å². The third-order valence-electron chi connectivity index (χ3n) is 3.55. The lowest BCUT2D eigenvalue weighted by molar-refractivity contribution is -0.115. The SMILES string of the molecule is C=CCNC(=O)c1ccccc1NC(=O)C(C)SCc1ccccc1. The van der Waals surface area contributed by atoms with Gasteiger partial charge in [-0.05, 0) is 24.6 Å². The Morgan fingerprint density at radius 3 is 2.52 bits per heavy atom. The fourth-order valence-corrected chi connectivity index (χ4v) is 3.00. The second-order valence-electron chi connectivity index (χ2n) is 5.47. The summed E-state index contributed by atoms with van der Waals surface area (Å²) in [5.74, 6) is 0.405. The van der Waals surface area contributed by atoms with Crippen LogP contribution in [0.2, 0.25) is 0 Å². The molecule has 5 heteroatoms. The van der Waals surface area contributed by atoms with Crippen LogP contribution in [0.5, 0.6) is 0 Å². The smallest absolute Gasteiger partial charge is 0.253 e. The first-order valence-electron chi connectivity index (χ1n) is 8.06.